The highest BCUT2D eigenvalue weighted by molar-refractivity contribution is 6.05. The molecule has 0 spiro atoms. The molecule has 9 nitrogen and oxygen atoms in total. The second kappa shape index (κ2) is 11.5. The molecule has 3 rings (SSSR count). The Morgan fingerprint density at radius 3 is 2.22 bits per heavy atom. The summed E-state index contributed by atoms with van der Waals surface area (Å²) in [7, 11) is 7.96. The first-order valence-corrected chi connectivity index (χ1v) is 12.1. The monoisotopic (exact) mass is 511 g/mol. The number of carbonyl (C=O) groups is 2. The van der Waals surface area contributed by atoms with Gasteiger partial charge < -0.3 is 23.8 Å². The SMILES string of the molecule is COc1ccc(C2=NN(C(=O)CN(C)C(=O)CC(C)(C)C)C(c3ccc(OC)c(OC)c3)C2)c(OC)c1. The fourth-order valence-electron chi connectivity index (χ4n) is 4.21. The zero-order chi connectivity index (χ0) is 27.3. The minimum absolute atomic E-state index is 0.0881. The first-order chi connectivity index (χ1) is 17.5. The molecule has 37 heavy (non-hydrogen) atoms. The normalized spacial score (nSPS) is 15.2. The topological polar surface area (TPSA) is 89.9 Å². The Hall–Kier alpha value is -3.75. The van der Waals surface area contributed by atoms with Crippen molar-refractivity contribution in [1.29, 1.82) is 0 Å². The van der Waals surface area contributed by atoms with E-state index in [1.165, 1.54) is 9.91 Å². The number of amides is 2. The first kappa shape index (κ1) is 27.8. The molecule has 0 saturated carbocycles. The summed E-state index contributed by atoms with van der Waals surface area (Å²) in [6, 6.07) is 10.6. The van der Waals surface area contributed by atoms with Gasteiger partial charge in [-0.25, -0.2) is 5.01 Å². The lowest BCUT2D eigenvalue weighted by Crippen LogP contribution is -2.40. The number of methoxy groups -OCH3 is 4. The van der Waals surface area contributed by atoms with Gasteiger partial charge >= 0.3 is 0 Å². The third-order valence-electron chi connectivity index (χ3n) is 6.16. The Labute approximate surface area is 218 Å². The third-order valence-corrected chi connectivity index (χ3v) is 6.16. The van der Waals surface area contributed by atoms with Gasteiger partial charge in [-0.05, 0) is 35.2 Å². The molecule has 0 bridgehead atoms. The summed E-state index contributed by atoms with van der Waals surface area (Å²) in [6.07, 6.45) is 0.789. The minimum atomic E-state index is -0.403. The van der Waals surface area contributed by atoms with Gasteiger partial charge in [0.25, 0.3) is 5.91 Å². The van der Waals surface area contributed by atoms with E-state index in [1.807, 2.05) is 51.1 Å². The van der Waals surface area contributed by atoms with E-state index >= 15 is 0 Å². The number of hydrazone groups is 1. The molecule has 200 valence electrons. The molecule has 1 unspecified atom stereocenters. The first-order valence-electron chi connectivity index (χ1n) is 12.1. The summed E-state index contributed by atoms with van der Waals surface area (Å²) in [6.45, 7) is 5.89. The molecular formula is C28H37N3O6. The Kier molecular flexibility index (Phi) is 8.68. The maximum Gasteiger partial charge on any atom is 0.262 e. The van der Waals surface area contributed by atoms with Gasteiger partial charge in [0.05, 0.1) is 40.2 Å². The fraction of sp³-hybridized carbons (Fsp3) is 0.464. The van der Waals surface area contributed by atoms with Crippen LogP contribution in [0.5, 0.6) is 23.0 Å². The maximum atomic E-state index is 13.5. The predicted octanol–water partition coefficient (Wildman–Crippen LogP) is 4.29. The van der Waals surface area contributed by atoms with E-state index in [1.54, 1.807) is 41.6 Å². The summed E-state index contributed by atoms with van der Waals surface area (Å²) in [5.41, 5.74) is 2.11. The van der Waals surface area contributed by atoms with Crippen LogP contribution in [0, 0.1) is 5.41 Å². The third kappa shape index (κ3) is 6.53. The van der Waals surface area contributed by atoms with Crippen molar-refractivity contribution >= 4 is 17.5 Å². The molecule has 0 aliphatic carbocycles. The molecule has 0 radical (unpaired) electrons. The number of hydrogen-bond acceptors (Lipinski definition) is 7. The van der Waals surface area contributed by atoms with Gasteiger partial charge in [0, 0.05) is 31.5 Å². The number of carbonyl (C=O) groups excluding carboxylic acids is 2. The lowest BCUT2D eigenvalue weighted by Gasteiger charge is -2.27. The van der Waals surface area contributed by atoms with Crippen LogP contribution < -0.4 is 18.9 Å². The zero-order valence-corrected chi connectivity index (χ0v) is 23.0. The number of benzene rings is 2. The van der Waals surface area contributed by atoms with Crippen LogP contribution in [-0.4, -0.2) is 69.5 Å². The van der Waals surface area contributed by atoms with E-state index in [0.717, 1.165) is 11.1 Å². The lowest BCUT2D eigenvalue weighted by atomic mass is 9.92. The van der Waals surface area contributed by atoms with Crippen molar-refractivity contribution < 1.29 is 28.5 Å². The number of hydrogen-bond donors (Lipinski definition) is 0. The van der Waals surface area contributed by atoms with Gasteiger partial charge in [-0.15, -0.1) is 0 Å². The average molecular weight is 512 g/mol. The fourth-order valence-corrected chi connectivity index (χ4v) is 4.21. The molecule has 0 N–H and O–H groups in total. The molecule has 9 heteroatoms. The van der Waals surface area contributed by atoms with Gasteiger partial charge in [-0.2, -0.15) is 5.10 Å². The minimum Gasteiger partial charge on any atom is -0.497 e. The molecule has 0 saturated heterocycles. The van der Waals surface area contributed by atoms with Crippen LogP contribution in [-0.2, 0) is 9.59 Å². The van der Waals surface area contributed by atoms with Crippen LogP contribution in [0.25, 0.3) is 0 Å². The van der Waals surface area contributed by atoms with Crippen molar-refractivity contribution in [3.63, 3.8) is 0 Å². The molecule has 0 fully saturated rings. The second-order valence-electron chi connectivity index (χ2n) is 10.2. The standard InChI is InChI=1S/C28H37N3O6/c1-28(2,3)16-26(32)30(4)17-27(33)31-22(18-9-12-23(35-6)25(13-18)37-8)15-21(29-31)20-11-10-19(34-5)14-24(20)36-7/h9-14,22H,15-17H2,1-8H3. The summed E-state index contributed by atoms with van der Waals surface area (Å²) in [5.74, 6) is 2.02. The molecule has 1 aliphatic heterocycles. The Morgan fingerprint density at radius 1 is 0.946 bits per heavy atom. The number of rotatable bonds is 9. The maximum absolute atomic E-state index is 13.5. The molecule has 1 heterocycles. The van der Waals surface area contributed by atoms with Gasteiger partial charge in [-0.1, -0.05) is 26.8 Å². The molecule has 2 amide bonds. The van der Waals surface area contributed by atoms with Crippen LogP contribution in [0.2, 0.25) is 0 Å². The van der Waals surface area contributed by atoms with Crippen LogP contribution >= 0.6 is 0 Å². The van der Waals surface area contributed by atoms with E-state index < -0.39 is 6.04 Å². The van der Waals surface area contributed by atoms with Crippen molar-refractivity contribution in [2.24, 2.45) is 10.5 Å². The molecule has 1 aliphatic rings. The highest BCUT2D eigenvalue weighted by atomic mass is 16.5. The van der Waals surface area contributed by atoms with Crippen molar-refractivity contribution in [3.8, 4) is 23.0 Å². The Morgan fingerprint density at radius 2 is 1.62 bits per heavy atom. The summed E-state index contributed by atoms with van der Waals surface area (Å²) in [4.78, 5) is 27.7. The van der Waals surface area contributed by atoms with E-state index in [4.69, 9.17) is 24.0 Å². The van der Waals surface area contributed by atoms with Gasteiger partial charge in [0.1, 0.15) is 18.0 Å². The number of likely N-dealkylation sites (N-methyl/N-ethyl adjacent to an activating group) is 1. The summed E-state index contributed by atoms with van der Waals surface area (Å²) < 4.78 is 21.8. The number of ether oxygens (including phenoxy) is 4. The molecule has 2 aromatic rings. The second-order valence-corrected chi connectivity index (χ2v) is 10.2. The Balaban J connectivity index is 1.98. The van der Waals surface area contributed by atoms with Crippen LogP contribution in [0.3, 0.4) is 0 Å². The van der Waals surface area contributed by atoms with E-state index in [-0.39, 0.29) is 23.8 Å². The highest BCUT2D eigenvalue weighted by Gasteiger charge is 2.35. The van der Waals surface area contributed by atoms with Crippen molar-refractivity contribution in [2.75, 3.05) is 42.0 Å². The van der Waals surface area contributed by atoms with Gasteiger partial charge in [-0.3, -0.25) is 9.59 Å². The molecule has 1 atom stereocenters. The van der Waals surface area contributed by atoms with E-state index in [9.17, 15) is 9.59 Å². The average Bonchev–Trinajstić information content (AvgIpc) is 3.32. The lowest BCUT2D eigenvalue weighted by molar-refractivity contribution is -0.141. The summed E-state index contributed by atoms with van der Waals surface area (Å²) >= 11 is 0. The van der Waals surface area contributed by atoms with Crippen LogP contribution in [0.1, 0.15) is 50.8 Å². The van der Waals surface area contributed by atoms with E-state index in [0.29, 0.717) is 41.6 Å². The van der Waals surface area contributed by atoms with Crippen molar-refractivity contribution in [3.05, 3.63) is 47.5 Å². The quantitative estimate of drug-likeness (QED) is 0.499. The van der Waals surface area contributed by atoms with Gasteiger partial charge in [0.15, 0.2) is 11.5 Å². The Bertz CT molecular complexity index is 1170. The predicted molar refractivity (Wildman–Crippen MR) is 142 cm³/mol. The van der Waals surface area contributed by atoms with Crippen molar-refractivity contribution in [1.82, 2.24) is 9.91 Å². The van der Waals surface area contributed by atoms with Crippen LogP contribution in [0.15, 0.2) is 41.5 Å². The highest BCUT2D eigenvalue weighted by Crippen LogP contribution is 2.39. The molecule has 0 aromatic heterocycles. The van der Waals surface area contributed by atoms with Crippen LogP contribution in [0.4, 0.5) is 0 Å². The van der Waals surface area contributed by atoms with Gasteiger partial charge in [0.2, 0.25) is 5.91 Å². The zero-order valence-electron chi connectivity index (χ0n) is 23.0. The smallest absolute Gasteiger partial charge is 0.262 e. The molecule has 2 aromatic carbocycles. The van der Waals surface area contributed by atoms with Crippen molar-refractivity contribution in [2.45, 2.75) is 39.7 Å². The summed E-state index contributed by atoms with van der Waals surface area (Å²) in [5, 5.41) is 6.19. The van der Waals surface area contributed by atoms with E-state index in [2.05, 4.69) is 0 Å². The number of nitrogens with zero attached hydrogens (tertiary/aromatic N) is 3. The molecular weight excluding hydrogens is 474 g/mol. The largest absolute Gasteiger partial charge is 0.497 e.